The van der Waals surface area contributed by atoms with E-state index >= 15 is 0 Å². The van der Waals surface area contributed by atoms with Crippen molar-refractivity contribution >= 4 is 0 Å². The molecule has 1 N–H and O–H groups in total. The molecule has 88 valence electrons. The number of rotatable bonds is 4. The minimum Gasteiger partial charge on any atom is -0.310 e. The van der Waals surface area contributed by atoms with Gasteiger partial charge in [-0.1, -0.05) is 50.1 Å². The molecule has 1 aromatic rings. The van der Waals surface area contributed by atoms with Crippen LogP contribution in [0, 0.1) is 11.8 Å². The maximum absolute atomic E-state index is 3.67. The molecule has 0 saturated heterocycles. The third-order valence-electron chi connectivity index (χ3n) is 4.02. The van der Waals surface area contributed by atoms with Crippen LogP contribution in [0.25, 0.3) is 0 Å². The molecular weight excluding hydrogens is 194 g/mol. The molecule has 0 radical (unpaired) electrons. The van der Waals surface area contributed by atoms with E-state index in [9.17, 15) is 0 Å². The minimum atomic E-state index is 0.481. The smallest absolute Gasteiger partial charge is 0.0291 e. The minimum absolute atomic E-state index is 0.481. The van der Waals surface area contributed by atoms with E-state index in [-0.39, 0.29) is 0 Å². The van der Waals surface area contributed by atoms with Crippen molar-refractivity contribution in [2.45, 2.75) is 39.2 Å². The van der Waals surface area contributed by atoms with Crippen LogP contribution in [0.15, 0.2) is 30.3 Å². The lowest BCUT2D eigenvalue weighted by molar-refractivity contribution is 0.375. The Morgan fingerprint density at radius 3 is 2.62 bits per heavy atom. The van der Waals surface area contributed by atoms with Gasteiger partial charge in [-0.05, 0) is 37.3 Å². The maximum Gasteiger partial charge on any atom is 0.0291 e. The average molecular weight is 217 g/mol. The summed E-state index contributed by atoms with van der Waals surface area (Å²) in [5, 5.41) is 3.67. The van der Waals surface area contributed by atoms with Gasteiger partial charge in [-0.2, -0.15) is 0 Å². The van der Waals surface area contributed by atoms with Crippen molar-refractivity contribution in [2.75, 3.05) is 6.54 Å². The molecule has 0 aromatic heterocycles. The van der Waals surface area contributed by atoms with Crippen LogP contribution in [0.1, 0.15) is 44.7 Å². The van der Waals surface area contributed by atoms with E-state index in [4.69, 9.17) is 0 Å². The Balaban J connectivity index is 1.82. The first-order valence-electron chi connectivity index (χ1n) is 6.55. The standard InChI is InChI=1S/C15H23N/c1-12-7-6-10-15(12)11-16-13(2)14-8-4-3-5-9-14/h3-5,8-9,12-13,15-16H,6-7,10-11H2,1-2H3. The van der Waals surface area contributed by atoms with Crippen LogP contribution < -0.4 is 5.32 Å². The fourth-order valence-corrected chi connectivity index (χ4v) is 2.71. The molecule has 0 spiro atoms. The highest BCUT2D eigenvalue weighted by Gasteiger charge is 2.23. The Kier molecular flexibility index (Phi) is 4.00. The second kappa shape index (κ2) is 5.49. The van der Waals surface area contributed by atoms with Crippen LogP contribution in [0.2, 0.25) is 0 Å². The molecule has 3 unspecified atom stereocenters. The monoisotopic (exact) mass is 217 g/mol. The van der Waals surface area contributed by atoms with Crippen LogP contribution in [0.5, 0.6) is 0 Å². The molecule has 1 aliphatic carbocycles. The highest BCUT2D eigenvalue weighted by Crippen LogP contribution is 2.30. The molecule has 3 atom stereocenters. The van der Waals surface area contributed by atoms with Crippen LogP contribution in [0.3, 0.4) is 0 Å². The van der Waals surface area contributed by atoms with E-state index in [0.29, 0.717) is 6.04 Å². The summed E-state index contributed by atoms with van der Waals surface area (Å²) in [6.45, 7) is 5.83. The summed E-state index contributed by atoms with van der Waals surface area (Å²) in [5.41, 5.74) is 1.40. The van der Waals surface area contributed by atoms with Crippen molar-refractivity contribution in [2.24, 2.45) is 11.8 Å². The SMILES string of the molecule is CC(NCC1CCCC1C)c1ccccc1. The first kappa shape index (κ1) is 11.7. The Bertz CT molecular complexity index is 306. The molecule has 0 heterocycles. The summed E-state index contributed by atoms with van der Waals surface area (Å²) in [4.78, 5) is 0. The molecule has 1 heteroatoms. The predicted octanol–water partition coefficient (Wildman–Crippen LogP) is 3.77. The summed E-state index contributed by atoms with van der Waals surface area (Å²) < 4.78 is 0. The molecule has 1 fully saturated rings. The molecule has 1 aliphatic rings. The lowest BCUT2D eigenvalue weighted by Gasteiger charge is -2.20. The third-order valence-corrected chi connectivity index (χ3v) is 4.02. The molecule has 1 saturated carbocycles. The van der Waals surface area contributed by atoms with Gasteiger partial charge in [-0.3, -0.25) is 0 Å². The predicted molar refractivity (Wildman–Crippen MR) is 69.4 cm³/mol. The average Bonchev–Trinajstić information content (AvgIpc) is 2.73. The van der Waals surface area contributed by atoms with Gasteiger partial charge < -0.3 is 5.32 Å². The lowest BCUT2D eigenvalue weighted by Crippen LogP contribution is -2.26. The van der Waals surface area contributed by atoms with Crippen LogP contribution >= 0.6 is 0 Å². The summed E-state index contributed by atoms with van der Waals surface area (Å²) in [6.07, 6.45) is 4.26. The zero-order valence-corrected chi connectivity index (χ0v) is 10.4. The van der Waals surface area contributed by atoms with Crippen molar-refractivity contribution in [3.8, 4) is 0 Å². The topological polar surface area (TPSA) is 12.0 Å². The van der Waals surface area contributed by atoms with Gasteiger partial charge in [0.1, 0.15) is 0 Å². The van der Waals surface area contributed by atoms with Gasteiger partial charge in [0, 0.05) is 6.04 Å². The molecular formula is C15H23N. The van der Waals surface area contributed by atoms with Gasteiger partial charge in [0.15, 0.2) is 0 Å². The quantitative estimate of drug-likeness (QED) is 0.809. The molecule has 0 bridgehead atoms. The molecule has 0 aliphatic heterocycles. The van der Waals surface area contributed by atoms with E-state index in [2.05, 4.69) is 49.5 Å². The Morgan fingerprint density at radius 1 is 1.25 bits per heavy atom. The summed E-state index contributed by atoms with van der Waals surface area (Å²) in [7, 11) is 0. The molecule has 0 amide bonds. The van der Waals surface area contributed by atoms with E-state index in [1.807, 2.05) is 0 Å². The van der Waals surface area contributed by atoms with E-state index in [1.54, 1.807) is 0 Å². The Morgan fingerprint density at radius 2 is 2.00 bits per heavy atom. The zero-order chi connectivity index (χ0) is 11.4. The van der Waals surface area contributed by atoms with Gasteiger partial charge in [0.05, 0.1) is 0 Å². The summed E-state index contributed by atoms with van der Waals surface area (Å²) >= 11 is 0. The van der Waals surface area contributed by atoms with Gasteiger partial charge in [-0.25, -0.2) is 0 Å². The van der Waals surface area contributed by atoms with Crippen molar-refractivity contribution < 1.29 is 0 Å². The summed E-state index contributed by atoms with van der Waals surface area (Å²) in [6, 6.07) is 11.2. The molecule has 1 nitrogen and oxygen atoms in total. The number of hydrogen-bond donors (Lipinski definition) is 1. The zero-order valence-electron chi connectivity index (χ0n) is 10.4. The van der Waals surface area contributed by atoms with Crippen LogP contribution in [-0.2, 0) is 0 Å². The van der Waals surface area contributed by atoms with Crippen LogP contribution in [0.4, 0.5) is 0 Å². The van der Waals surface area contributed by atoms with Gasteiger partial charge in [-0.15, -0.1) is 0 Å². The van der Waals surface area contributed by atoms with E-state index < -0.39 is 0 Å². The third kappa shape index (κ3) is 2.85. The van der Waals surface area contributed by atoms with Crippen molar-refractivity contribution in [3.63, 3.8) is 0 Å². The second-order valence-electron chi connectivity index (χ2n) is 5.21. The van der Waals surface area contributed by atoms with Crippen LogP contribution in [-0.4, -0.2) is 6.54 Å². The maximum atomic E-state index is 3.67. The Hall–Kier alpha value is -0.820. The number of benzene rings is 1. The van der Waals surface area contributed by atoms with Crippen molar-refractivity contribution in [1.29, 1.82) is 0 Å². The largest absolute Gasteiger partial charge is 0.310 e. The van der Waals surface area contributed by atoms with E-state index in [1.165, 1.54) is 31.4 Å². The highest BCUT2D eigenvalue weighted by atomic mass is 14.9. The number of nitrogens with one attached hydrogen (secondary N) is 1. The van der Waals surface area contributed by atoms with Gasteiger partial charge in [0.25, 0.3) is 0 Å². The first-order valence-corrected chi connectivity index (χ1v) is 6.55. The normalized spacial score (nSPS) is 26.9. The molecule has 2 rings (SSSR count). The second-order valence-corrected chi connectivity index (χ2v) is 5.21. The van der Waals surface area contributed by atoms with Crippen molar-refractivity contribution in [1.82, 2.24) is 5.32 Å². The van der Waals surface area contributed by atoms with Gasteiger partial charge >= 0.3 is 0 Å². The molecule has 16 heavy (non-hydrogen) atoms. The fourth-order valence-electron chi connectivity index (χ4n) is 2.71. The fraction of sp³-hybridized carbons (Fsp3) is 0.600. The van der Waals surface area contributed by atoms with E-state index in [0.717, 1.165) is 11.8 Å². The van der Waals surface area contributed by atoms with Crippen molar-refractivity contribution in [3.05, 3.63) is 35.9 Å². The number of hydrogen-bond acceptors (Lipinski definition) is 1. The summed E-state index contributed by atoms with van der Waals surface area (Å²) in [5.74, 6) is 1.81. The Labute approximate surface area is 99.3 Å². The first-order chi connectivity index (χ1) is 7.77. The van der Waals surface area contributed by atoms with Gasteiger partial charge in [0.2, 0.25) is 0 Å². The highest BCUT2D eigenvalue weighted by molar-refractivity contribution is 5.17. The molecule has 1 aromatic carbocycles. The lowest BCUT2D eigenvalue weighted by atomic mass is 9.97.